The standard InChI is InChI=1S/C20H19N3O2S/c24-18(23-10-12-25-13-11-23)14-26-20-16-8-4-5-9-17(16)21-19(22-20)15-6-2-1-3-7-15/h1-9H,10-14H2. The van der Waals surface area contributed by atoms with Crippen LogP contribution in [0.1, 0.15) is 0 Å². The molecule has 1 aliphatic rings. The fourth-order valence-electron chi connectivity index (χ4n) is 2.91. The summed E-state index contributed by atoms with van der Waals surface area (Å²) in [7, 11) is 0. The maximum Gasteiger partial charge on any atom is 0.233 e. The molecule has 1 fully saturated rings. The molecule has 1 amide bonds. The average Bonchev–Trinajstić information content (AvgIpc) is 2.73. The van der Waals surface area contributed by atoms with E-state index in [4.69, 9.17) is 9.72 Å². The summed E-state index contributed by atoms with van der Waals surface area (Å²) < 4.78 is 5.31. The maximum atomic E-state index is 12.5. The number of nitrogens with zero attached hydrogens (tertiary/aromatic N) is 3. The number of carbonyl (C=O) groups excluding carboxylic acids is 1. The minimum atomic E-state index is 0.127. The zero-order chi connectivity index (χ0) is 17.8. The molecule has 0 spiro atoms. The van der Waals surface area contributed by atoms with Gasteiger partial charge in [0.15, 0.2) is 5.82 Å². The SMILES string of the molecule is O=C(CSc1nc(-c2ccccc2)nc2ccccc12)N1CCOCC1. The van der Waals surface area contributed by atoms with Crippen LogP contribution in [-0.2, 0) is 9.53 Å². The molecule has 1 aromatic heterocycles. The third-order valence-electron chi connectivity index (χ3n) is 4.30. The minimum absolute atomic E-state index is 0.127. The summed E-state index contributed by atoms with van der Waals surface area (Å²) in [6.07, 6.45) is 0. The number of benzene rings is 2. The van der Waals surface area contributed by atoms with Gasteiger partial charge >= 0.3 is 0 Å². The molecule has 0 unspecified atom stereocenters. The predicted octanol–water partition coefficient (Wildman–Crippen LogP) is 3.25. The third-order valence-corrected chi connectivity index (χ3v) is 5.27. The van der Waals surface area contributed by atoms with Crippen molar-refractivity contribution in [2.45, 2.75) is 5.03 Å². The van der Waals surface area contributed by atoms with E-state index in [-0.39, 0.29) is 5.91 Å². The molecule has 5 nitrogen and oxygen atoms in total. The highest BCUT2D eigenvalue weighted by atomic mass is 32.2. The second kappa shape index (κ2) is 7.85. The van der Waals surface area contributed by atoms with E-state index in [0.29, 0.717) is 37.9 Å². The van der Waals surface area contributed by atoms with Crippen LogP contribution in [-0.4, -0.2) is 52.8 Å². The highest BCUT2D eigenvalue weighted by Gasteiger charge is 2.18. The number of hydrogen-bond donors (Lipinski definition) is 0. The number of hydrogen-bond acceptors (Lipinski definition) is 5. The number of thioether (sulfide) groups is 1. The van der Waals surface area contributed by atoms with Crippen LogP contribution in [0, 0.1) is 0 Å². The van der Waals surface area contributed by atoms with E-state index in [1.807, 2.05) is 59.5 Å². The van der Waals surface area contributed by atoms with Crippen LogP contribution in [0.5, 0.6) is 0 Å². The lowest BCUT2D eigenvalue weighted by molar-refractivity contribution is -0.132. The normalized spacial score (nSPS) is 14.5. The molecule has 0 radical (unpaired) electrons. The van der Waals surface area contributed by atoms with Gasteiger partial charge < -0.3 is 9.64 Å². The number of fused-ring (bicyclic) bond motifs is 1. The second-order valence-electron chi connectivity index (χ2n) is 6.02. The lowest BCUT2D eigenvalue weighted by Crippen LogP contribution is -2.41. The average molecular weight is 365 g/mol. The van der Waals surface area contributed by atoms with E-state index >= 15 is 0 Å². The molecule has 0 aliphatic carbocycles. The monoisotopic (exact) mass is 365 g/mol. The fourth-order valence-corrected chi connectivity index (χ4v) is 3.83. The van der Waals surface area contributed by atoms with Crippen LogP contribution in [0.2, 0.25) is 0 Å². The van der Waals surface area contributed by atoms with E-state index in [0.717, 1.165) is 21.5 Å². The zero-order valence-electron chi connectivity index (χ0n) is 14.3. The Bertz CT molecular complexity index is 911. The maximum absolute atomic E-state index is 12.5. The summed E-state index contributed by atoms with van der Waals surface area (Å²) in [6, 6.07) is 17.9. The van der Waals surface area contributed by atoms with Crippen molar-refractivity contribution in [1.82, 2.24) is 14.9 Å². The van der Waals surface area contributed by atoms with Crippen molar-refractivity contribution in [1.29, 1.82) is 0 Å². The summed E-state index contributed by atoms with van der Waals surface area (Å²) in [4.78, 5) is 23.8. The summed E-state index contributed by atoms with van der Waals surface area (Å²) in [5, 5.41) is 1.82. The first kappa shape index (κ1) is 17.0. The molecule has 6 heteroatoms. The quantitative estimate of drug-likeness (QED) is 0.525. The molecular formula is C20H19N3O2S. The topological polar surface area (TPSA) is 55.3 Å². The van der Waals surface area contributed by atoms with Gasteiger partial charge in [-0.25, -0.2) is 9.97 Å². The largest absolute Gasteiger partial charge is 0.378 e. The van der Waals surface area contributed by atoms with Crippen molar-refractivity contribution < 1.29 is 9.53 Å². The molecule has 26 heavy (non-hydrogen) atoms. The Morgan fingerprint density at radius 3 is 2.54 bits per heavy atom. The molecule has 1 aliphatic heterocycles. The van der Waals surface area contributed by atoms with Gasteiger partial charge in [-0.05, 0) is 6.07 Å². The minimum Gasteiger partial charge on any atom is -0.378 e. The number of rotatable bonds is 4. The van der Waals surface area contributed by atoms with Gasteiger partial charge in [0.1, 0.15) is 5.03 Å². The van der Waals surface area contributed by atoms with Crippen molar-refractivity contribution in [2.24, 2.45) is 0 Å². The van der Waals surface area contributed by atoms with Crippen LogP contribution in [0.4, 0.5) is 0 Å². The van der Waals surface area contributed by atoms with Gasteiger partial charge in [-0.3, -0.25) is 4.79 Å². The number of amides is 1. The van der Waals surface area contributed by atoms with Gasteiger partial charge in [0.05, 0.1) is 24.5 Å². The van der Waals surface area contributed by atoms with Crippen molar-refractivity contribution in [3.8, 4) is 11.4 Å². The van der Waals surface area contributed by atoms with Crippen molar-refractivity contribution in [3.63, 3.8) is 0 Å². The first-order valence-electron chi connectivity index (χ1n) is 8.62. The van der Waals surface area contributed by atoms with Gasteiger partial charge in [0.25, 0.3) is 0 Å². The van der Waals surface area contributed by atoms with E-state index in [9.17, 15) is 4.79 Å². The predicted molar refractivity (Wildman–Crippen MR) is 103 cm³/mol. The first-order chi connectivity index (χ1) is 12.8. The Balaban J connectivity index is 1.61. The van der Waals surface area contributed by atoms with Crippen LogP contribution in [0.3, 0.4) is 0 Å². The highest BCUT2D eigenvalue weighted by Crippen LogP contribution is 2.28. The van der Waals surface area contributed by atoms with Crippen molar-refractivity contribution in [3.05, 3.63) is 54.6 Å². The van der Waals surface area contributed by atoms with E-state index in [1.54, 1.807) is 0 Å². The molecule has 2 heterocycles. The molecule has 0 N–H and O–H groups in total. The Kier molecular flexibility index (Phi) is 5.13. The molecule has 4 rings (SSSR count). The Hall–Kier alpha value is -2.44. The van der Waals surface area contributed by atoms with Crippen LogP contribution in [0.25, 0.3) is 22.3 Å². The number of morpholine rings is 1. The Morgan fingerprint density at radius 2 is 1.73 bits per heavy atom. The number of carbonyl (C=O) groups is 1. The second-order valence-corrected chi connectivity index (χ2v) is 6.98. The van der Waals surface area contributed by atoms with Gasteiger partial charge in [-0.15, -0.1) is 0 Å². The molecule has 2 aromatic carbocycles. The molecule has 1 saturated heterocycles. The fraction of sp³-hybridized carbons (Fsp3) is 0.250. The molecule has 132 valence electrons. The molecule has 0 atom stereocenters. The van der Waals surface area contributed by atoms with Crippen LogP contribution < -0.4 is 0 Å². The van der Waals surface area contributed by atoms with Crippen molar-refractivity contribution >= 4 is 28.6 Å². The molecule has 0 bridgehead atoms. The summed E-state index contributed by atoms with van der Waals surface area (Å²) in [6.45, 7) is 2.56. The smallest absolute Gasteiger partial charge is 0.233 e. The van der Waals surface area contributed by atoms with Gasteiger partial charge in [-0.1, -0.05) is 60.3 Å². The van der Waals surface area contributed by atoms with E-state index < -0.39 is 0 Å². The Labute approximate surface area is 156 Å². The van der Waals surface area contributed by atoms with E-state index in [2.05, 4.69) is 4.98 Å². The zero-order valence-corrected chi connectivity index (χ0v) is 15.1. The van der Waals surface area contributed by atoms with Crippen LogP contribution >= 0.6 is 11.8 Å². The number of ether oxygens (including phenoxy) is 1. The van der Waals surface area contributed by atoms with E-state index in [1.165, 1.54) is 11.8 Å². The number of para-hydroxylation sites is 1. The summed E-state index contributed by atoms with van der Waals surface area (Å²) in [5.41, 5.74) is 1.86. The third kappa shape index (κ3) is 3.71. The Morgan fingerprint density at radius 1 is 1.00 bits per heavy atom. The summed E-state index contributed by atoms with van der Waals surface area (Å²) >= 11 is 1.48. The van der Waals surface area contributed by atoms with Gasteiger partial charge in [0, 0.05) is 24.0 Å². The molecule has 3 aromatic rings. The molecule has 0 saturated carbocycles. The van der Waals surface area contributed by atoms with Gasteiger partial charge in [-0.2, -0.15) is 0 Å². The first-order valence-corrected chi connectivity index (χ1v) is 9.60. The lowest BCUT2D eigenvalue weighted by atomic mass is 10.2. The molecular weight excluding hydrogens is 346 g/mol. The lowest BCUT2D eigenvalue weighted by Gasteiger charge is -2.26. The number of aromatic nitrogens is 2. The van der Waals surface area contributed by atoms with Gasteiger partial charge in [0.2, 0.25) is 5.91 Å². The van der Waals surface area contributed by atoms with Crippen LogP contribution in [0.15, 0.2) is 59.6 Å². The van der Waals surface area contributed by atoms with Crippen molar-refractivity contribution in [2.75, 3.05) is 32.1 Å². The summed E-state index contributed by atoms with van der Waals surface area (Å²) in [5.74, 6) is 1.18. The highest BCUT2D eigenvalue weighted by molar-refractivity contribution is 8.00.